The third-order valence-corrected chi connectivity index (χ3v) is 3.11. The number of ether oxygens (including phenoxy) is 3. The molecule has 1 rings (SSSR count). The first-order chi connectivity index (χ1) is 9.67. The van der Waals surface area contributed by atoms with Crippen molar-refractivity contribution in [2.75, 3.05) is 33.5 Å². The van der Waals surface area contributed by atoms with Crippen LogP contribution in [0, 0.1) is 5.92 Å². The van der Waals surface area contributed by atoms with Gasteiger partial charge in [-0.25, -0.2) is 4.39 Å². The van der Waals surface area contributed by atoms with Crippen LogP contribution in [0.2, 0.25) is 0 Å². The van der Waals surface area contributed by atoms with Crippen LogP contribution in [0.1, 0.15) is 12.8 Å². The highest BCUT2D eigenvalue weighted by Crippen LogP contribution is 2.25. The monoisotopic (exact) mass is 306 g/mol. The van der Waals surface area contributed by atoms with Gasteiger partial charge in [0.1, 0.15) is 12.9 Å². The minimum atomic E-state index is -0.487. The summed E-state index contributed by atoms with van der Waals surface area (Å²) in [5.74, 6) is -0.623. The molecule has 0 aliphatic heterocycles. The molecule has 0 saturated carbocycles. The van der Waals surface area contributed by atoms with Gasteiger partial charge in [0.15, 0.2) is 11.6 Å². The maximum Gasteiger partial charge on any atom is 0.160 e. The summed E-state index contributed by atoms with van der Waals surface area (Å²) in [6, 6.07) is 0. The number of alkyl halides is 1. The van der Waals surface area contributed by atoms with E-state index in [1.165, 1.54) is 12.2 Å². The summed E-state index contributed by atoms with van der Waals surface area (Å²) in [5.41, 5.74) is 0. The second-order valence-electron chi connectivity index (χ2n) is 4.42. The Morgan fingerprint density at radius 2 is 2.15 bits per heavy atom. The molecule has 6 heteroatoms. The van der Waals surface area contributed by atoms with Crippen LogP contribution in [0.3, 0.4) is 0 Å². The molecule has 0 aromatic rings. The minimum Gasteiger partial charge on any atom is -0.488 e. The minimum absolute atomic E-state index is 0.115. The van der Waals surface area contributed by atoms with Gasteiger partial charge in [-0.3, -0.25) is 0 Å². The number of rotatable bonds is 8. The van der Waals surface area contributed by atoms with E-state index in [9.17, 15) is 9.18 Å². The normalized spacial score (nSPS) is 25.9. The number of halogens is 2. The molecule has 4 nitrogen and oxygen atoms in total. The maximum absolute atomic E-state index is 13.8. The highest BCUT2D eigenvalue weighted by molar-refractivity contribution is 6.21. The van der Waals surface area contributed by atoms with Gasteiger partial charge < -0.3 is 19.0 Å². The lowest BCUT2D eigenvalue weighted by molar-refractivity contribution is -0.111. The number of hydrogen-bond donors (Lipinski definition) is 0. The van der Waals surface area contributed by atoms with Crippen molar-refractivity contribution in [3.63, 3.8) is 0 Å². The van der Waals surface area contributed by atoms with Crippen LogP contribution in [-0.2, 0) is 19.0 Å². The van der Waals surface area contributed by atoms with Gasteiger partial charge in [-0.15, -0.1) is 11.6 Å². The SMILES string of the molecule is COCCOCCO/C1=C/C(Cl)CC(C=O)CC=C1F. The van der Waals surface area contributed by atoms with Crippen molar-refractivity contribution in [2.45, 2.75) is 18.2 Å². The molecule has 0 spiro atoms. The standard InChI is InChI=1S/C14H20ClFO4/c1-18-4-5-19-6-7-20-14-9-12(15)8-11(10-17)2-3-13(14)16/h3,9-12H,2,4-8H2,1H3/b13-3?,14-9+. The molecule has 0 bridgehead atoms. The molecule has 0 radical (unpaired) electrons. The van der Waals surface area contributed by atoms with Gasteiger partial charge in [0, 0.05) is 13.0 Å². The molecule has 0 saturated heterocycles. The first kappa shape index (κ1) is 17.1. The Bertz CT molecular complexity index is 357. The predicted molar refractivity (Wildman–Crippen MR) is 74.4 cm³/mol. The second kappa shape index (κ2) is 9.91. The van der Waals surface area contributed by atoms with Crippen molar-refractivity contribution in [3.05, 3.63) is 23.7 Å². The summed E-state index contributed by atoms with van der Waals surface area (Å²) < 4.78 is 29.2. The summed E-state index contributed by atoms with van der Waals surface area (Å²) in [4.78, 5) is 10.8. The van der Waals surface area contributed by atoms with E-state index in [4.69, 9.17) is 25.8 Å². The Hall–Kier alpha value is -0.910. The molecule has 0 aromatic carbocycles. The Balaban J connectivity index is 2.42. The fourth-order valence-corrected chi connectivity index (χ4v) is 2.08. The van der Waals surface area contributed by atoms with Crippen LogP contribution in [0.4, 0.5) is 4.39 Å². The van der Waals surface area contributed by atoms with Gasteiger partial charge >= 0.3 is 0 Å². The molecule has 114 valence electrons. The topological polar surface area (TPSA) is 44.8 Å². The lowest BCUT2D eigenvalue weighted by atomic mass is 9.98. The van der Waals surface area contributed by atoms with E-state index in [1.54, 1.807) is 7.11 Å². The summed E-state index contributed by atoms with van der Waals surface area (Å²) >= 11 is 6.05. The van der Waals surface area contributed by atoms with E-state index in [1.807, 2.05) is 0 Å². The maximum atomic E-state index is 13.8. The van der Waals surface area contributed by atoms with E-state index >= 15 is 0 Å². The Kier molecular flexibility index (Phi) is 8.49. The van der Waals surface area contributed by atoms with Crippen LogP contribution in [0.5, 0.6) is 0 Å². The molecule has 0 amide bonds. The number of aldehydes is 1. The zero-order chi connectivity index (χ0) is 14.8. The molecular weight excluding hydrogens is 287 g/mol. The van der Waals surface area contributed by atoms with Crippen molar-refractivity contribution in [1.29, 1.82) is 0 Å². The van der Waals surface area contributed by atoms with Crippen LogP contribution in [0.15, 0.2) is 23.7 Å². The fourth-order valence-electron chi connectivity index (χ4n) is 1.74. The summed E-state index contributed by atoms with van der Waals surface area (Å²) in [6.07, 6.45) is 4.48. The molecule has 1 aliphatic carbocycles. The largest absolute Gasteiger partial charge is 0.488 e. The predicted octanol–water partition coefficient (Wildman–Crippen LogP) is 2.62. The lowest BCUT2D eigenvalue weighted by Gasteiger charge is -2.16. The Morgan fingerprint density at radius 3 is 2.85 bits per heavy atom. The molecular formula is C14H20ClFO4. The van der Waals surface area contributed by atoms with Crippen molar-refractivity contribution < 1.29 is 23.4 Å². The first-order valence-corrected chi connectivity index (χ1v) is 6.97. The highest BCUT2D eigenvalue weighted by atomic mass is 35.5. The van der Waals surface area contributed by atoms with Crippen molar-refractivity contribution in [3.8, 4) is 0 Å². The Morgan fingerprint density at radius 1 is 1.40 bits per heavy atom. The number of methoxy groups -OCH3 is 1. The molecule has 0 heterocycles. The van der Waals surface area contributed by atoms with Gasteiger partial charge in [-0.1, -0.05) is 0 Å². The van der Waals surface area contributed by atoms with Gasteiger partial charge in [0.2, 0.25) is 0 Å². The second-order valence-corrected chi connectivity index (χ2v) is 4.98. The number of carbonyl (C=O) groups is 1. The van der Waals surface area contributed by atoms with Crippen LogP contribution in [0.25, 0.3) is 0 Å². The van der Waals surface area contributed by atoms with E-state index < -0.39 is 11.2 Å². The molecule has 0 aromatic heterocycles. The van der Waals surface area contributed by atoms with E-state index in [-0.39, 0.29) is 18.3 Å². The van der Waals surface area contributed by atoms with Crippen molar-refractivity contribution in [1.82, 2.24) is 0 Å². The molecule has 2 atom stereocenters. The molecule has 2 unspecified atom stereocenters. The zero-order valence-electron chi connectivity index (χ0n) is 11.5. The first-order valence-electron chi connectivity index (χ1n) is 6.54. The van der Waals surface area contributed by atoms with Gasteiger partial charge in [0.25, 0.3) is 0 Å². The van der Waals surface area contributed by atoms with Gasteiger partial charge in [0.05, 0.1) is 25.2 Å². The smallest absolute Gasteiger partial charge is 0.160 e. The molecule has 0 fully saturated rings. The van der Waals surface area contributed by atoms with Crippen LogP contribution >= 0.6 is 11.6 Å². The molecule has 20 heavy (non-hydrogen) atoms. The van der Waals surface area contributed by atoms with Gasteiger partial charge in [-0.2, -0.15) is 0 Å². The summed E-state index contributed by atoms with van der Waals surface area (Å²) in [6.45, 7) is 1.56. The third-order valence-electron chi connectivity index (χ3n) is 2.80. The third kappa shape index (κ3) is 6.50. The van der Waals surface area contributed by atoms with Gasteiger partial charge in [-0.05, 0) is 25.0 Å². The summed E-state index contributed by atoms with van der Waals surface area (Å²) in [5, 5.41) is -0.422. The lowest BCUT2D eigenvalue weighted by Crippen LogP contribution is -2.13. The molecule has 1 aliphatic rings. The van der Waals surface area contributed by atoms with Crippen molar-refractivity contribution >= 4 is 17.9 Å². The average molecular weight is 307 g/mol. The van der Waals surface area contributed by atoms with Crippen molar-refractivity contribution in [2.24, 2.45) is 5.92 Å². The van der Waals surface area contributed by atoms with Crippen LogP contribution in [-0.4, -0.2) is 45.2 Å². The quantitative estimate of drug-likeness (QED) is 0.393. The molecule has 0 N–H and O–H groups in total. The van der Waals surface area contributed by atoms with E-state index in [2.05, 4.69) is 0 Å². The number of hydrogen-bond acceptors (Lipinski definition) is 4. The van der Waals surface area contributed by atoms with E-state index in [0.717, 1.165) is 6.29 Å². The highest BCUT2D eigenvalue weighted by Gasteiger charge is 2.18. The summed E-state index contributed by atoms with van der Waals surface area (Å²) in [7, 11) is 1.59. The number of carbonyl (C=O) groups excluding carboxylic acids is 1. The average Bonchev–Trinajstić information content (AvgIpc) is 2.43. The van der Waals surface area contributed by atoms with Crippen LogP contribution < -0.4 is 0 Å². The Labute approximate surface area is 123 Å². The zero-order valence-corrected chi connectivity index (χ0v) is 12.3. The fraction of sp³-hybridized carbons (Fsp3) is 0.643. The number of allylic oxidation sites excluding steroid dienone is 3. The van der Waals surface area contributed by atoms with E-state index in [0.29, 0.717) is 32.7 Å².